The van der Waals surface area contributed by atoms with Crippen molar-refractivity contribution in [3.8, 4) is 0 Å². The Bertz CT molecular complexity index is 473. The molecule has 112 valence electrons. The van der Waals surface area contributed by atoms with E-state index in [4.69, 9.17) is 0 Å². The molecule has 0 radical (unpaired) electrons. The summed E-state index contributed by atoms with van der Waals surface area (Å²) < 4.78 is 14.6. The van der Waals surface area contributed by atoms with Gasteiger partial charge in [0.15, 0.2) is 4.90 Å². The third-order valence-corrected chi connectivity index (χ3v) is 5.66. The van der Waals surface area contributed by atoms with Crippen molar-refractivity contribution in [1.82, 2.24) is 4.31 Å². The maximum atomic E-state index is 12.7. The van der Waals surface area contributed by atoms with Crippen LogP contribution in [0.3, 0.4) is 0 Å². The van der Waals surface area contributed by atoms with E-state index in [9.17, 15) is 9.66 Å². The van der Waals surface area contributed by atoms with Crippen molar-refractivity contribution < 1.29 is 9.66 Å². The first-order valence-electron chi connectivity index (χ1n) is 7.17. The van der Waals surface area contributed by atoms with E-state index in [1.54, 1.807) is 0 Å². The van der Waals surface area contributed by atoms with Gasteiger partial charge < -0.3 is 9.66 Å². The zero-order valence-corrected chi connectivity index (χ0v) is 13.9. The highest BCUT2D eigenvalue weighted by Gasteiger charge is 2.33. The molecule has 2 rings (SSSR count). The van der Waals surface area contributed by atoms with Crippen LogP contribution < -0.4 is 0 Å². The molecule has 0 aromatic heterocycles. The Morgan fingerprint density at radius 2 is 1.80 bits per heavy atom. The van der Waals surface area contributed by atoms with Crippen molar-refractivity contribution in [2.75, 3.05) is 13.1 Å². The van der Waals surface area contributed by atoms with Gasteiger partial charge in [-0.2, -0.15) is 0 Å². The Balaban J connectivity index is 2.33. The van der Waals surface area contributed by atoms with Gasteiger partial charge in [0.2, 0.25) is 0 Å². The highest BCUT2D eigenvalue weighted by atomic mass is 32.2. The van der Waals surface area contributed by atoms with Gasteiger partial charge >= 0.3 is 0 Å². The molecule has 0 spiro atoms. The Labute approximate surface area is 125 Å². The van der Waals surface area contributed by atoms with Crippen LogP contribution in [-0.2, 0) is 16.8 Å². The van der Waals surface area contributed by atoms with Crippen LogP contribution >= 0.6 is 0 Å². The van der Waals surface area contributed by atoms with Gasteiger partial charge in [-0.1, -0.05) is 32.9 Å². The third kappa shape index (κ3) is 3.19. The minimum atomic E-state index is -1.16. The maximum Gasteiger partial charge on any atom is 0.179 e. The molecule has 1 fully saturated rings. The topological polar surface area (TPSA) is 46.5 Å². The average molecular weight is 295 g/mol. The van der Waals surface area contributed by atoms with Crippen LogP contribution in [0, 0.1) is 13.8 Å². The summed E-state index contributed by atoms with van der Waals surface area (Å²) in [6.07, 6.45) is 0.373. The first kappa shape index (κ1) is 15.8. The summed E-state index contributed by atoms with van der Waals surface area (Å²) in [5.74, 6) is 0. The summed E-state index contributed by atoms with van der Waals surface area (Å²) in [6, 6.07) is 4.29. The number of hydrogen-bond acceptors (Lipinski definition) is 3. The summed E-state index contributed by atoms with van der Waals surface area (Å²) in [4.78, 5) is 0.909. The molecule has 1 aromatic carbocycles. The van der Waals surface area contributed by atoms with Crippen LogP contribution in [0.1, 0.15) is 43.9 Å². The van der Waals surface area contributed by atoms with Crippen LogP contribution in [0.25, 0.3) is 0 Å². The molecule has 1 aromatic rings. The normalized spacial score (nSPS) is 22.2. The van der Waals surface area contributed by atoms with Crippen LogP contribution in [0.5, 0.6) is 0 Å². The minimum absolute atomic E-state index is 0.0966. The van der Waals surface area contributed by atoms with E-state index in [1.807, 2.05) is 18.2 Å². The van der Waals surface area contributed by atoms with Crippen molar-refractivity contribution in [2.45, 2.75) is 57.5 Å². The van der Waals surface area contributed by atoms with Crippen molar-refractivity contribution in [1.29, 1.82) is 0 Å². The fraction of sp³-hybridized carbons (Fsp3) is 0.625. The van der Waals surface area contributed by atoms with E-state index in [2.05, 4.69) is 32.9 Å². The van der Waals surface area contributed by atoms with E-state index in [0.29, 0.717) is 19.5 Å². The fourth-order valence-electron chi connectivity index (χ4n) is 2.65. The smallest absolute Gasteiger partial charge is 0.179 e. The molecular formula is C16H25NO2S. The van der Waals surface area contributed by atoms with E-state index in [-0.39, 0.29) is 11.5 Å². The predicted octanol–water partition coefficient (Wildman–Crippen LogP) is 2.69. The summed E-state index contributed by atoms with van der Waals surface area (Å²) in [5, 5.41) is 9.61. The molecule has 1 aliphatic rings. The van der Waals surface area contributed by atoms with Crippen molar-refractivity contribution in [2.24, 2.45) is 0 Å². The van der Waals surface area contributed by atoms with Crippen LogP contribution in [0.15, 0.2) is 17.0 Å². The number of aryl methyl sites for hydroxylation is 2. The molecule has 1 heterocycles. The number of nitrogens with zero attached hydrogens (tertiary/aromatic N) is 1. The van der Waals surface area contributed by atoms with Gasteiger partial charge in [0.05, 0.1) is 24.0 Å². The fourth-order valence-corrected chi connectivity index (χ4v) is 4.15. The van der Waals surface area contributed by atoms with Gasteiger partial charge in [0, 0.05) is 17.7 Å². The summed E-state index contributed by atoms with van der Waals surface area (Å²) in [6.45, 7) is 11.8. The molecule has 0 bridgehead atoms. The Morgan fingerprint density at radius 3 is 2.20 bits per heavy atom. The Kier molecular flexibility index (Phi) is 4.50. The molecule has 1 aliphatic heterocycles. The third-order valence-electron chi connectivity index (χ3n) is 3.86. The van der Waals surface area contributed by atoms with Gasteiger partial charge in [0.1, 0.15) is 0 Å². The lowest BCUT2D eigenvalue weighted by atomic mass is 9.85. The molecule has 2 unspecified atom stereocenters. The lowest BCUT2D eigenvalue weighted by Crippen LogP contribution is -2.31. The number of aliphatic hydroxyl groups excluding tert-OH is 1. The van der Waals surface area contributed by atoms with Gasteiger partial charge in [0.25, 0.3) is 0 Å². The quantitative estimate of drug-likeness (QED) is 0.853. The standard InChI is InChI=1S/C16H25NO2S/c1-11-8-13(16(3,4)5)9-12(2)15(11)20(19)17-7-6-14(18)10-17/h8-9,14,18H,6-7,10H2,1-5H3. The first-order valence-corrected chi connectivity index (χ1v) is 8.27. The van der Waals surface area contributed by atoms with E-state index < -0.39 is 11.4 Å². The van der Waals surface area contributed by atoms with E-state index in [0.717, 1.165) is 16.0 Å². The monoisotopic (exact) mass is 295 g/mol. The lowest BCUT2D eigenvalue weighted by molar-refractivity contribution is 0.189. The Hall–Kier alpha value is -0.550. The second kappa shape index (κ2) is 5.68. The molecule has 4 heteroatoms. The maximum absolute atomic E-state index is 12.7. The number of β-amino-alcohol motifs (C(OH)–C–C–N with tert-alkyl or cyclic N) is 1. The second-order valence-corrected chi connectivity index (χ2v) is 8.19. The Morgan fingerprint density at radius 1 is 1.25 bits per heavy atom. The first-order chi connectivity index (χ1) is 9.20. The molecule has 0 saturated carbocycles. The largest absolute Gasteiger partial charge is 0.593 e. The van der Waals surface area contributed by atoms with Crippen LogP contribution in [-0.4, -0.2) is 33.2 Å². The van der Waals surface area contributed by atoms with Gasteiger partial charge in [-0.15, -0.1) is 4.31 Å². The number of rotatable bonds is 2. The molecule has 1 N–H and O–H groups in total. The molecule has 3 nitrogen and oxygen atoms in total. The zero-order chi connectivity index (χ0) is 15.1. The SMILES string of the molecule is Cc1cc(C(C)(C)C)cc(C)c1[S+]([O-])N1CCC(O)C1. The summed E-state index contributed by atoms with van der Waals surface area (Å²) in [7, 11) is 0. The zero-order valence-electron chi connectivity index (χ0n) is 13.1. The van der Waals surface area contributed by atoms with Crippen LogP contribution in [0.2, 0.25) is 0 Å². The minimum Gasteiger partial charge on any atom is -0.593 e. The van der Waals surface area contributed by atoms with Crippen molar-refractivity contribution >= 4 is 11.4 Å². The van der Waals surface area contributed by atoms with E-state index in [1.165, 1.54) is 5.56 Å². The van der Waals surface area contributed by atoms with Crippen LogP contribution in [0.4, 0.5) is 0 Å². The number of hydrogen-bond donors (Lipinski definition) is 1. The molecule has 20 heavy (non-hydrogen) atoms. The average Bonchev–Trinajstić information content (AvgIpc) is 2.73. The molecule has 0 aliphatic carbocycles. The molecular weight excluding hydrogens is 270 g/mol. The molecule has 0 amide bonds. The highest BCUT2D eigenvalue weighted by molar-refractivity contribution is 7.89. The van der Waals surface area contributed by atoms with Gasteiger partial charge in [-0.25, -0.2) is 0 Å². The summed E-state index contributed by atoms with van der Waals surface area (Å²) >= 11 is -1.16. The molecule has 2 atom stereocenters. The molecule has 1 saturated heterocycles. The second-order valence-electron chi connectivity index (χ2n) is 6.77. The number of benzene rings is 1. The lowest BCUT2D eigenvalue weighted by Gasteiger charge is -2.25. The van der Waals surface area contributed by atoms with Crippen molar-refractivity contribution in [3.05, 3.63) is 28.8 Å². The van der Waals surface area contributed by atoms with Gasteiger partial charge in [-0.05, 0) is 31.2 Å². The highest BCUT2D eigenvalue weighted by Crippen LogP contribution is 2.31. The summed E-state index contributed by atoms with van der Waals surface area (Å²) in [5.41, 5.74) is 3.53. The van der Waals surface area contributed by atoms with Crippen molar-refractivity contribution in [3.63, 3.8) is 0 Å². The predicted molar refractivity (Wildman–Crippen MR) is 83.2 cm³/mol. The van der Waals surface area contributed by atoms with Gasteiger partial charge in [-0.3, -0.25) is 0 Å². The van der Waals surface area contributed by atoms with E-state index >= 15 is 0 Å². The number of aliphatic hydroxyl groups is 1.